The summed E-state index contributed by atoms with van der Waals surface area (Å²) in [6.45, 7) is 0. The average Bonchev–Trinajstić information content (AvgIpc) is 2.74. The summed E-state index contributed by atoms with van der Waals surface area (Å²) in [4.78, 5) is 6.13. The standard InChI is InChI=1S/C24H26N2O6S2/c1-25-22-10-6-17(7-11-22)24(18-8-12-23(13-9-18)26(2)3)19-4-5-20(15-33(27,28)29)21(14-19)16-34(30,31)32/h4-14H,15-16H2,1-3H3,(H,27,28,29)(H,30,31,32). The molecule has 2 aromatic rings. The van der Waals surface area contributed by atoms with Crippen LogP contribution < -0.4 is 4.90 Å². The van der Waals surface area contributed by atoms with Gasteiger partial charge >= 0.3 is 0 Å². The van der Waals surface area contributed by atoms with E-state index >= 15 is 0 Å². The maximum Gasteiger partial charge on any atom is 0.269 e. The minimum absolute atomic E-state index is 0.0835. The van der Waals surface area contributed by atoms with Gasteiger partial charge in [0.1, 0.15) is 11.5 Å². The Morgan fingerprint density at radius 3 is 1.82 bits per heavy atom. The van der Waals surface area contributed by atoms with E-state index in [0.29, 0.717) is 5.56 Å². The minimum Gasteiger partial charge on any atom is -0.378 e. The van der Waals surface area contributed by atoms with Gasteiger partial charge in [-0.1, -0.05) is 36.4 Å². The summed E-state index contributed by atoms with van der Waals surface area (Å²) < 4.78 is 64.9. The average molecular weight is 503 g/mol. The van der Waals surface area contributed by atoms with E-state index in [4.69, 9.17) is 0 Å². The summed E-state index contributed by atoms with van der Waals surface area (Å²) in [5.74, 6) is -1.55. The summed E-state index contributed by atoms with van der Waals surface area (Å²) in [6, 6.07) is 12.4. The maximum absolute atomic E-state index is 11.6. The molecule has 3 rings (SSSR count). The van der Waals surface area contributed by atoms with Crippen molar-refractivity contribution in [3.63, 3.8) is 0 Å². The Balaban J connectivity index is 2.23. The van der Waals surface area contributed by atoms with Crippen LogP contribution in [0.3, 0.4) is 0 Å². The number of rotatable bonds is 7. The molecule has 0 fully saturated rings. The third-order valence-electron chi connectivity index (χ3n) is 5.26. The van der Waals surface area contributed by atoms with E-state index in [0.717, 1.165) is 28.1 Å². The van der Waals surface area contributed by atoms with Crippen LogP contribution in [0.25, 0.3) is 5.57 Å². The van der Waals surface area contributed by atoms with Crippen molar-refractivity contribution in [2.75, 3.05) is 26.0 Å². The predicted octanol–water partition coefficient (Wildman–Crippen LogP) is 3.53. The third kappa shape index (κ3) is 6.73. The van der Waals surface area contributed by atoms with E-state index in [1.165, 1.54) is 12.1 Å². The summed E-state index contributed by atoms with van der Waals surface area (Å²) >= 11 is 0. The molecule has 0 bridgehead atoms. The zero-order valence-corrected chi connectivity index (χ0v) is 20.6. The molecular weight excluding hydrogens is 476 g/mol. The molecule has 180 valence electrons. The van der Waals surface area contributed by atoms with Crippen molar-refractivity contribution in [1.82, 2.24) is 0 Å². The first kappa shape index (κ1) is 25.6. The van der Waals surface area contributed by atoms with Gasteiger partial charge in [-0.2, -0.15) is 16.8 Å². The highest BCUT2D eigenvalue weighted by molar-refractivity contribution is 7.85. The Kier molecular flexibility index (Phi) is 7.57. The highest BCUT2D eigenvalue weighted by Crippen LogP contribution is 2.32. The number of allylic oxidation sites excluding steroid dienone is 5. The van der Waals surface area contributed by atoms with E-state index in [-0.39, 0.29) is 11.1 Å². The van der Waals surface area contributed by atoms with Crippen LogP contribution >= 0.6 is 0 Å². The van der Waals surface area contributed by atoms with Crippen LogP contribution in [-0.2, 0) is 31.7 Å². The lowest BCUT2D eigenvalue weighted by molar-refractivity contribution is 0.477. The molecule has 0 atom stereocenters. The van der Waals surface area contributed by atoms with Gasteiger partial charge < -0.3 is 4.90 Å². The van der Waals surface area contributed by atoms with Crippen molar-refractivity contribution < 1.29 is 25.9 Å². The second kappa shape index (κ2) is 10.1. The lowest BCUT2D eigenvalue weighted by Crippen LogP contribution is -2.10. The molecular formula is C24H26N2O6S2. The fraction of sp³-hybridized carbons (Fsp3) is 0.208. The van der Waals surface area contributed by atoms with E-state index in [1.807, 2.05) is 67.6 Å². The molecule has 0 saturated heterocycles. The Bertz CT molecular complexity index is 1400. The second-order valence-electron chi connectivity index (χ2n) is 8.02. The van der Waals surface area contributed by atoms with Crippen molar-refractivity contribution in [1.29, 1.82) is 0 Å². The molecule has 0 aromatic heterocycles. The second-order valence-corrected chi connectivity index (χ2v) is 10.9. The molecule has 0 saturated carbocycles. The quantitative estimate of drug-likeness (QED) is 0.555. The molecule has 0 radical (unpaired) electrons. The monoisotopic (exact) mass is 502 g/mol. The molecule has 0 aliphatic heterocycles. The van der Waals surface area contributed by atoms with Crippen LogP contribution in [0.15, 0.2) is 77.3 Å². The number of benzene rings is 2. The van der Waals surface area contributed by atoms with Crippen molar-refractivity contribution >= 4 is 37.2 Å². The summed E-state index contributed by atoms with van der Waals surface area (Å²) in [6.07, 6.45) is 7.50. The van der Waals surface area contributed by atoms with Gasteiger partial charge in [-0.3, -0.25) is 14.1 Å². The van der Waals surface area contributed by atoms with Gasteiger partial charge in [0.05, 0.1) is 5.71 Å². The fourth-order valence-corrected chi connectivity index (χ4v) is 4.99. The fourth-order valence-electron chi connectivity index (χ4n) is 3.65. The number of hydrogen-bond acceptors (Lipinski definition) is 6. The van der Waals surface area contributed by atoms with Gasteiger partial charge in [0.25, 0.3) is 20.2 Å². The number of aliphatic imine (C=N–C) groups is 1. The molecule has 2 aromatic carbocycles. The first-order valence-electron chi connectivity index (χ1n) is 10.2. The Labute approximate surface area is 200 Å². The normalized spacial score (nSPS) is 13.8. The topological polar surface area (TPSA) is 124 Å². The summed E-state index contributed by atoms with van der Waals surface area (Å²) in [5, 5.41) is 0. The van der Waals surface area contributed by atoms with E-state index in [2.05, 4.69) is 4.99 Å². The largest absolute Gasteiger partial charge is 0.378 e. The summed E-state index contributed by atoms with van der Waals surface area (Å²) in [7, 11) is -3.31. The van der Waals surface area contributed by atoms with Gasteiger partial charge in [0.2, 0.25) is 0 Å². The van der Waals surface area contributed by atoms with Crippen molar-refractivity contribution in [2.45, 2.75) is 11.5 Å². The highest BCUT2D eigenvalue weighted by Gasteiger charge is 2.19. The van der Waals surface area contributed by atoms with Gasteiger partial charge in [0, 0.05) is 26.8 Å². The van der Waals surface area contributed by atoms with Crippen LogP contribution in [0.4, 0.5) is 5.69 Å². The molecule has 1 aliphatic rings. The molecule has 1 aliphatic carbocycles. The Hall–Kier alpha value is -3.05. The SMILES string of the molecule is CN=C1C=CC(=C(c2ccc(N(C)C)cc2)c2ccc(CS(=O)(=O)O)c(CS(=O)(=O)O)c2)C=C1. The van der Waals surface area contributed by atoms with Crippen molar-refractivity contribution in [2.24, 2.45) is 4.99 Å². The first-order valence-corrected chi connectivity index (χ1v) is 13.5. The molecule has 8 nitrogen and oxygen atoms in total. The smallest absolute Gasteiger partial charge is 0.269 e. The number of hydrogen-bond donors (Lipinski definition) is 2. The third-order valence-corrected chi connectivity index (χ3v) is 6.61. The Morgan fingerprint density at radius 1 is 0.794 bits per heavy atom. The minimum atomic E-state index is -4.45. The lowest BCUT2D eigenvalue weighted by Gasteiger charge is -2.18. The predicted molar refractivity (Wildman–Crippen MR) is 135 cm³/mol. The van der Waals surface area contributed by atoms with Crippen LogP contribution in [0.1, 0.15) is 22.3 Å². The molecule has 0 spiro atoms. The highest BCUT2D eigenvalue weighted by atomic mass is 32.2. The zero-order valence-electron chi connectivity index (χ0n) is 19.0. The van der Waals surface area contributed by atoms with E-state index < -0.39 is 31.7 Å². The molecule has 0 amide bonds. The van der Waals surface area contributed by atoms with Gasteiger partial charge in [0.15, 0.2) is 0 Å². The molecule has 34 heavy (non-hydrogen) atoms. The number of nitrogens with zero attached hydrogens (tertiary/aromatic N) is 2. The van der Waals surface area contributed by atoms with Gasteiger partial charge in [-0.25, -0.2) is 0 Å². The Morgan fingerprint density at radius 2 is 1.32 bits per heavy atom. The first-order chi connectivity index (χ1) is 15.9. The maximum atomic E-state index is 11.6. The van der Waals surface area contributed by atoms with E-state index in [9.17, 15) is 25.9 Å². The van der Waals surface area contributed by atoms with Crippen LogP contribution in [0, 0.1) is 0 Å². The molecule has 2 N–H and O–H groups in total. The van der Waals surface area contributed by atoms with Gasteiger partial charge in [-0.05, 0) is 63.8 Å². The van der Waals surface area contributed by atoms with Crippen LogP contribution in [0.2, 0.25) is 0 Å². The van der Waals surface area contributed by atoms with Crippen molar-refractivity contribution in [3.8, 4) is 0 Å². The van der Waals surface area contributed by atoms with Crippen molar-refractivity contribution in [3.05, 3.63) is 94.6 Å². The molecule has 0 unspecified atom stereocenters. The van der Waals surface area contributed by atoms with Gasteiger partial charge in [-0.15, -0.1) is 0 Å². The van der Waals surface area contributed by atoms with E-state index in [1.54, 1.807) is 13.1 Å². The molecule has 0 heterocycles. The van der Waals surface area contributed by atoms with Crippen LogP contribution in [-0.4, -0.2) is 52.8 Å². The van der Waals surface area contributed by atoms with Crippen LogP contribution in [0.5, 0.6) is 0 Å². The zero-order chi connectivity index (χ0) is 25.1. The summed E-state index contributed by atoms with van der Waals surface area (Å²) in [5.41, 5.74) is 5.06. The molecule has 10 heteroatoms. The number of anilines is 1. The lowest BCUT2D eigenvalue weighted by atomic mass is 9.89.